The summed E-state index contributed by atoms with van der Waals surface area (Å²) in [6.45, 7) is 3.87. The number of aryl methyl sites for hydroxylation is 1. The van der Waals surface area contributed by atoms with Crippen molar-refractivity contribution in [3.05, 3.63) is 47.5 Å². The number of alkyl halides is 3. The van der Waals surface area contributed by atoms with Crippen LogP contribution < -0.4 is 19.9 Å². The number of benzene rings is 2. The molecular weight excluding hydrogens is 451 g/mol. The van der Waals surface area contributed by atoms with Crippen LogP contribution >= 0.6 is 0 Å². The fourth-order valence-corrected chi connectivity index (χ4v) is 4.25. The third-order valence-corrected chi connectivity index (χ3v) is 6.05. The van der Waals surface area contributed by atoms with Gasteiger partial charge in [-0.3, -0.25) is 9.59 Å². The van der Waals surface area contributed by atoms with E-state index in [2.05, 4.69) is 5.32 Å². The topological polar surface area (TPSA) is 71.1 Å². The minimum atomic E-state index is -4.55. The summed E-state index contributed by atoms with van der Waals surface area (Å²) in [5, 5.41) is 2.66. The van der Waals surface area contributed by atoms with Crippen LogP contribution in [0.3, 0.4) is 0 Å². The van der Waals surface area contributed by atoms with Crippen molar-refractivity contribution in [1.29, 1.82) is 0 Å². The second kappa shape index (κ2) is 9.54. The lowest BCUT2D eigenvalue weighted by Gasteiger charge is -2.31. The maximum atomic E-state index is 13.4. The first kappa shape index (κ1) is 23.9. The number of amides is 2. The van der Waals surface area contributed by atoms with Crippen LogP contribution in [0.2, 0.25) is 0 Å². The van der Waals surface area contributed by atoms with E-state index in [1.807, 2.05) is 17.9 Å². The van der Waals surface area contributed by atoms with E-state index in [4.69, 9.17) is 9.47 Å². The second-order valence-electron chi connectivity index (χ2n) is 8.40. The third kappa shape index (κ3) is 4.96. The quantitative estimate of drug-likeness (QED) is 0.709. The summed E-state index contributed by atoms with van der Waals surface area (Å²) < 4.78 is 50.8. The fourth-order valence-electron chi connectivity index (χ4n) is 4.25. The van der Waals surface area contributed by atoms with Crippen LogP contribution in [-0.4, -0.2) is 51.8 Å². The summed E-state index contributed by atoms with van der Waals surface area (Å²) in [4.78, 5) is 29.2. The van der Waals surface area contributed by atoms with Gasteiger partial charge in [0.2, 0.25) is 11.8 Å². The van der Waals surface area contributed by atoms with E-state index in [0.29, 0.717) is 43.4 Å². The van der Waals surface area contributed by atoms with Gasteiger partial charge in [0, 0.05) is 26.1 Å². The Balaban J connectivity index is 1.57. The molecule has 2 aromatic carbocycles. The van der Waals surface area contributed by atoms with Gasteiger partial charge in [-0.25, -0.2) is 0 Å². The molecule has 0 aliphatic carbocycles. The molecule has 0 radical (unpaired) electrons. The Labute approximate surface area is 195 Å². The maximum absolute atomic E-state index is 13.4. The smallest absolute Gasteiger partial charge is 0.416 e. The normalized spacial score (nSPS) is 18.9. The number of hydrogen-bond acceptors (Lipinski definition) is 5. The van der Waals surface area contributed by atoms with Crippen LogP contribution in [0.25, 0.3) is 0 Å². The van der Waals surface area contributed by atoms with Gasteiger partial charge in [0.1, 0.15) is 5.75 Å². The summed E-state index contributed by atoms with van der Waals surface area (Å²) in [6.07, 6.45) is -4.60. The number of carbonyl (C=O) groups is 2. The fraction of sp³-hybridized carbons (Fsp3) is 0.417. The van der Waals surface area contributed by atoms with Crippen molar-refractivity contribution < 1.29 is 32.2 Å². The molecule has 2 aromatic rings. The highest BCUT2D eigenvalue weighted by molar-refractivity contribution is 6.05. The molecule has 2 aliphatic rings. The number of morpholine rings is 1. The van der Waals surface area contributed by atoms with E-state index in [0.717, 1.165) is 17.7 Å². The van der Waals surface area contributed by atoms with Gasteiger partial charge < -0.3 is 24.6 Å². The Hall–Kier alpha value is -3.27. The number of ether oxygens (including phenoxy) is 2. The highest BCUT2D eigenvalue weighted by Gasteiger charge is 2.37. The molecule has 10 heteroatoms. The molecule has 34 heavy (non-hydrogen) atoms. The molecule has 1 atom stereocenters. The monoisotopic (exact) mass is 477 g/mol. The molecule has 2 heterocycles. The molecule has 4 rings (SSSR count). The lowest BCUT2D eigenvalue weighted by Crippen LogP contribution is -2.37. The number of nitrogens with zero attached hydrogens (tertiary/aromatic N) is 2. The molecule has 7 nitrogen and oxygen atoms in total. The summed E-state index contributed by atoms with van der Waals surface area (Å²) in [5.41, 5.74) is 1.20. The van der Waals surface area contributed by atoms with Gasteiger partial charge >= 0.3 is 6.18 Å². The molecule has 0 saturated carbocycles. The van der Waals surface area contributed by atoms with Crippen molar-refractivity contribution in [2.75, 3.05) is 55.1 Å². The van der Waals surface area contributed by atoms with E-state index in [1.165, 1.54) is 18.1 Å². The Kier molecular flexibility index (Phi) is 6.70. The van der Waals surface area contributed by atoms with Gasteiger partial charge in [-0.15, -0.1) is 0 Å². The van der Waals surface area contributed by atoms with Crippen LogP contribution in [0.4, 0.5) is 30.2 Å². The number of anilines is 3. The zero-order valence-corrected chi connectivity index (χ0v) is 18.9. The molecule has 182 valence electrons. The molecule has 2 amide bonds. The number of halogens is 3. The predicted molar refractivity (Wildman–Crippen MR) is 121 cm³/mol. The van der Waals surface area contributed by atoms with Crippen molar-refractivity contribution in [3.63, 3.8) is 0 Å². The molecule has 2 fully saturated rings. The largest absolute Gasteiger partial charge is 0.495 e. The second-order valence-corrected chi connectivity index (χ2v) is 8.40. The Bertz CT molecular complexity index is 1080. The van der Waals surface area contributed by atoms with Crippen molar-refractivity contribution in [3.8, 4) is 5.75 Å². The minimum absolute atomic E-state index is 0.0468. The van der Waals surface area contributed by atoms with Crippen LogP contribution in [0, 0.1) is 12.8 Å². The van der Waals surface area contributed by atoms with Crippen molar-refractivity contribution in [2.24, 2.45) is 5.92 Å². The Morgan fingerprint density at radius 3 is 2.53 bits per heavy atom. The van der Waals surface area contributed by atoms with Gasteiger partial charge in [0.15, 0.2) is 0 Å². The first-order chi connectivity index (χ1) is 16.2. The predicted octanol–water partition coefficient (Wildman–Crippen LogP) is 3.85. The molecule has 0 spiro atoms. The van der Waals surface area contributed by atoms with Gasteiger partial charge in [0.05, 0.1) is 48.9 Å². The van der Waals surface area contributed by atoms with Crippen LogP contribution in [0.1, 0.15) is 17.5 Å². The summed E-state index contributed by atoms with van der Waals surface area (Å²) in [5.74, 6) is -0.963. The minimum Gasteiger partial charge on any atom is -0.495 e. The summed E-state index contributed by atoms with van der Waals surface area (Å²) >= 11 is 0. The highest BCUT2D eigenvalue weighted by Crippen LogP contribution is 2.37. The molecule has 0 bridgehead atoms. The Morgan fingerprint density at radius 2 is 1.85 bits per heavy atom. The van der Waals surface area contributed by atoms with Crippen LogP contribution in [0.15, 0.2) is 36.4 Å². The first-order valence-corrected chi connectivity index (χ1v) is 11.0. The number of methoxy groups -OCH3 is 1. The van der Waals surface area contributed by atoms with E-state index >= 15 is 0 Å². The number of hydrogen-bond donors (Lipinski definition) is 1. The van der Waals surface area contributed by atoms with Gasteiger partial charge in [-0.2, -0.15) is 13.2 Å². The van der Waals surface area contributed by atoms with Crippen molar-refractivity contribution >= 4 is 28.9 Å². The lowest BCUT2D eigenvalue weighted by molar-refractivity contribution is -0.137. The zero-order chi connectivity index (χ0) is 24.5. The van der Waals surface area contributed by atoms with Gasteiger partial charge in [-0.05, 0) is 42.8 Å². The number of rotatable bonds is 5. The van der Waals surface area contributed by atoms with E-state index in [-0.39, 0.29) is 24.6 Å². The molecule has 0 aromatic heterocycles. The summed E-state index contributed by atoms with van der Waals surface area (Å²) in [7, 11) is 1.50. The van der Waals surface area contributed by atoms with Gasteiger partial charge in [0.25, 0.3) is 0 Å². The number of nitrogens with one attached hydrogen (secondary N) is 1. The van der Waals surface area contributed by atoms with Crippen molar-refractivity contribution in [2.45, 2.75) is 19.5 Å². The van der Waals surface area contributed by atoms with Crippen LogP contribution in [0.5, 0.6) is 5.75 Å². The van der Waals surface area contributed by atoms with Crippen molar-refractivity contribution in [1.82, 2.24) is 0 Å². The standard InChI is InChI=1S/C24H26F3N3O4/c1-15-3-6-21(33-2)20(11-15)30-14-16(12-22(30)31)23(32)28-18-13-17(24(25,26)27)4-5-19(18)29-7-9-34-10-8-29/h3-6,11,13,16H,7-10,12,14H2,1-2H3,(H,28,32). The average Bonchev–Trinajstić information content (AvgIpc) is 3.20. The highest BCUT2D eigenvalue weighted by atomic mass is 19.4. The molecule has 2 saturated heterocycles. The first-order valence-electron chi connectivity index (χ1n) is 11.0. The summed E-state index contributed by atoms with van der Waals surface area (Å²) in [6, 6.07) is 8.73. The van der Waals surface area contributed by atoms with E-state index in [9.17, 15) is 22.8 Å². The van der Waals surface area contributed by atoms with E-state index < -0.39 is 23.6 Å². The third-order valence-electron chi connectivity index (χ3n) is 6.05. The van der Waals surface area contributed by atoms with Crippen LogP contribution in [-0.2, 0) is 20.5 Å². The maximum Gasteiger partial charge on any atom is 0.416 e. The lowest BCUT2D eigenvalue weighted by atomic mass is 10.1. The SMILES string of the molecule is COc1ccc(C)cc1N1CC(C(=O)Nc2cc(C(F)(F)F)ccc2N2CCOCC2)CC1=O. The molecule has 1 unspecified atom stereocenters. The van der Waals surface area contributed by atoms with Gasteiger partial charge in [-0.1, -0.05) is 6.07 Å². The van der Waals surface area contributed by atoms with E-state index in [1.54, 1.807) is 12.1 Å². The number of carbonyl (C=O) groups excluding carboxylic acids is 2. The average molecular weight is 477 g/mol. The Morgan fingerprint density at radius 1 is 1.12 bits per heavy atom. The zero-order valence-electron chi connectivity index (χ0n) is 18.9. The molecule has 2 aliphatic heterocycles. The molecular formula is C24H26F3N3O4. The molecule has 1 N–H and O–H groups in total.